The van der Waals surface area contributed by atoms with Gasteiger partial charge in [-0.1, -0.05) is 12.1 Å². The lowest BCUT2D eigenvalue weighted by atomic mass is 10.1. The second-order valence-electron chi connectivity index (χ2n) is 5.87. The number of hydrogen-bond acceptors (Lipinski definition) is 4. The van der Waals surface area contributed by atoms with Crippen LogP contribution in [0.1, 0.15) is 13.8 Å². The fourth-order valence-corrected chi connectivity index (χ4v) is 3.63. The molecule has 3 aromatic rings. The zero-order chi connectivity index (χ0) is 16.8. The van der Waals surface area contributed by atoms with Crippen molar-refractivity contribution in [3.8, 4) is 11.3 Å². The maximum Gasteiger partial charge on any atom is 0.180 e. The standard InChI is InChI=1S/C17H19N3O2S/c1-11(2)23(21,22)14-7-4-12(5-8-14)17-15-10-13(18)6-9-16(15)20(3)19-17/h4-11H,18H2,1-3H3. The Morgan fingerprint density at radius 3 is 2.35 bits per heavy atom. The van der Waals surface area contributed by atoms with Crippen LogP contribution in [0.5, 0.6) is 0 Å². The first-order chi connectivity index (χ1) is 10.8. The molecule has 120 valence electrons. The van der Waals surface area contributed by atoms with Crippen molar-refractivity contribution in [2.45, 2.75) is 24.0 Å². The molecule has 0 saturated carbocycles. The van der Waals surface area contributed by atoms with E-state index in [-0.39, 0.29) is 0 Å². The highest BCUT2D eigenvalue weighted by Gasteiger charge is 2.19. The number of fused-ring (bicyclic) bond motifs is 1. The van der Waals surface area contributed by atoms with Gasteiger partial charge in [-0.3, -0.25) is 4.68 Å². The van der Waals surface area contributed by atoms with Crippen molar-refractivity contribution >= 4 is 26.4 Å². The lowest BCUT2D eigenvalue weighted by Crippen LogP contribution is -2.13. The van der Waals surface area contributed by atoms with Crippen LogP contribution in [0.4, 0.5) is 5.69 Å². The smallest absolute Gasteiger partial charge is 0.180 e. The van der Waals surface area contributed by atoms with Crippen molar-refractivity contribution in [3.05, 3.63) is 42.5 Å². The molecule has 0 aliphatic heterocycles. The molecular weight excluding hydrogens is 310 g/mol. The third-order valence-electron chi connectivity index (χ3n) is 3.95. The molecule has 0 bridgehead atoms. The highest BCUT2D eigenvalue weighted by Crippen LogP contribution is 2.30. The van der Waals surface area contributed by atoms with E-state index in [0.717, 1.165) is 22.2 Å². The molecule has 0 spiro atoms. The summed E-state index contributed by atoms with van der Waals surface area (Å²) < 4.78 is 26.2. The number of nitrogens with zero attached hydrogens (tertiary/aromatic N) is 2. The van der Waals surface area contributed by atoms with Gasteiger partial charge in [0.2, 0.25) is 0 Å². The average Bonchev–Trinajstić information content (AvgIpc) is 2.83. The largest absolute Gasteiger partial charge is 0.399 e. The Kier molecular flexibility index (Phi) is 3.64. The van der Waals surface area contributed by atoms with Gasteiger partial charge >= 0.3 is 0 Å². The minimum atomic E-state index is -3.27. The zero-order valence-corrected chi connectivity index (χ0v) is 14.1. The molecule has 3 rings (SSSR count). The van der Waals surface area contributed by atoms with E-state index in [0.29, 0.717) is 10.6 Å². The average molecular weight is 329 g/mol. The summed E-state index contributed by atoms with van der Waals surface area (Å²) in [4.78, 5) is 0.330. The lowest BCUT2D eigenvalue weighted by Gasteiger charge is -2.08. The van der Waals surface area contributed by atoms with Crippen LogP contribution in [0.2, 0.25) is 0 Å². The van der Waals surface area contributed by atoms with Crippen LogP contribution in [-0.2, 0) is 16.9 Å². The molecule has 0 aliphatic rings. The Morgan fingerprint density at radius 2 is 1.74 bits per heavy atom. The fraction of sp³-hybridized carbons (Fsp3) is 0.235. The van der Waals surface area contributed by atoms with Gasteiger partial charge in [-0.2, -0.15) is 5.10 Å². The summed E-state index contributed by atoms with van der Waals surface area (Å²) in [5.41, 5.74) is 9.19. The molecule has 0 fully saturated rings. The highest BCUT2D eigenvalue weighted by molar-refractivity contribution is 7.92. The molecule has 0 amide bonds. The molecule has 23 heavy (non-hydrogen) atoms. The van der Waals surface area contributed by atoms with Crippen molar-refractivity contribution < 1.29 is 8.42 Å². The molecule has 6 heteroatoms. The summed E-state index contributed by atoms with van der Waals surface area (Å²) in [6.07, 6.45) is 0. The van der Waals surface area contributed by atoms with E-state index < -0.39 is 15.1 Å². The third-order valence-corrected chi connectivity index (χ3v) is 6.12. The van der Waals surface area contributed by atoms with Gasteiger partial charge in [0.15, 0.2) is 9.84 Å². The first-order valence-corrected chi connectivity index (χ1v) is 8.92. The lowest BCUT2D eigenvalue weighted by molar-refractivity contribution is 0.587. The van der Waals surface area contributed by atoms with Gasteiger partial charge in [-0.05, 0) is 44.2 Å². The van der Waals surface area contributed by atoms with Crippen LogP contribution in [0, 0.1) is 0 Å². The monoisotopic (exact) mass is 329 g/mol. The summed E-state index contributed by atoms with van der Waals surface area (Å²) in [5, 5.41) is 5.05. The summed E-state index contributed by atoms with van der Waals surface area (Å²) in [7, 11) is -1.39. The van der Waals surface area contributed by atoms with Crippen LogP contribution in [-0.4, -0.2) is 23.4 Å². The SMILES string of the molecule is CC(C)S(=O)(=O)c1ccc(-c2nn(C)c3ccc(N)cc23)cc1. The Hall–Kier alpha value is -2.34. The van der Waals surface area contributed by atoms with Crippen LogP contribution >= 0.6 is 0 Å². The van der Waals surface area contributed by atoms with E-state index in [4.69, 9.17) is 5.73 Å². The molecule has 2 aromatic carbocycles. The van der Waals surface area contributed by atoms with Gasteiger partial charge in [0.05, 0.1) is 15.7 Å². The molecule has 0 aliphatic carbocycles. The van der Waals surface area contributed by atoms with Crippen LogP contribution < -0.4 is 5.73 Å². The summed E-state index contributed by atoms with van der Waals surface area (Å²) in [6.45, 7) is 3.36. The van der Waals surface area contributed by atoms with Crippen molar-refractivity contribution in [1.82, 2.24) is 9.78 Å². The maximum absolute atomic E-state index is 12.2. The predicted octanol–water partition coefficient (Wildman–Crippen LogP) is 3.00. The second kappa shape index (κ2) is 5.38. The summed E-state index contributed by atoms with van der Waals surface area (Å²) in [5.74, 6) is 0. The van der Waals surface area contributed by atoms with Crippen molar-refractivity contribution in [2.75, 3.05) is 5.73 Å². The van der Waals surface area contributed by atoms with Gasteiger partial charge in [0.25, 0.3) is 0 Å². The van der Waals surface area contributed by atoms with Gasteiger partial charge in [0, 0.05) is 23.7 Å². The van der Waals surface area contributed by atoms with E-state index in [1.165, 1.54) is 0 Å². The van der Waals surface area contributed by atoms with Crippen LogP contribution in [0.15, 0.2) is 47.4 Å². The summed E-state index contributed by atoms with van der Waals surface area (Å²) in [6, 6.07) is 12.5. The van der Waals surface area contributed by atoms with Crippen LogP contribution in [0.25, 0.3) is 22.2 Å². The van der Waals surface area contributed by atoms with Gasteiger partial charge in [0.1, 0.15) is 5.69 Å². The quantitative estimate of drug-likeness (QED) is 0.749. The zero-order valence-electron chi connectivity index (χ0n) is 13.3. The number of sulfone groups is 1. The van der Waals surface area contributed by atoms with E-state index >= 15 is 0 Å². The topological polar surface area (TPSA) is 78.0 Å². The minimum absolute atomic E-state index is 0.330. The predicted molar refractivity (Wildman–Crippen MR) is 92.9 cm³/mol. The highest BCUT2D eigenvalue weighted by atomic mass is 32.2. The molecule has 2 N–H and O–H groups in total. The third kappa shape index (κ3) is 2.59. The number of anilines is 1. The molecule has 1 aromatic heterocycles. The summed E-state index contributed by atoms with van der Waals surface area (Å²) >= 11 is 0. The first-order valence-electron chi connectivity index (χ1n) is 7.37. The molecular formula is C17H19N3O2S. The van der Waals surface area contributed by atoms with Crippen molar-refractivity contribution in [2.24, 2.45) is 7.05 Å². The van der Waals surface area contributed by atoms with Crippen molar-refractivity contribution in [3.63, 3.8) is 0 Å². The Balaban J connectivity index is 2.12. The van der Waals surface area contributed by atoms with Crippen molar-refractivity contribution in [1.29, 1.82) is 0 Å². The maximum atomic E-state index is 12.2. The Labute approximate surface area is 135 Å². The van der Waals surface area contributed by atoms with E-state index in [2.05, 4.69) is 5.10 Å². The van der Waals surface area contributed by atoms with Crippen LogP contribution in [0.3, 0.4) is 0 Å². The minimum Gasteiger partial charge on any atom is -0.399 e. The molecule has 0 saturated heterocycles. The Morgan fingerprint density at radius 1 is 1.09 bits per heavy atom. The number of benzene rings is 2. The number of rotatable bonds is 3. The Bertz CT molecular complexity index is 971. The fourth-order valence-electron chi connectivity index (χ4n) is 2.57. The van der Waals surface area contributed by atoms with E-state index in [9.17, 15) is 8.42 Å². The van der Waals surface area contributed by atoms with E-state index in [1.807, 2.05) is 25.2 Å². The second-order valence-corrected chi connectivity index (χ2v) is 8.37. The molecule has 5 nitrogen and oxygen atoms in total. The normalized spacial score (nSPS) is 12.2. The van der Waals surface area contributed by atoms with Gasteiger partial charge < -0.3 is 5.73 Å². The van der Waals surface area contributed by atoms with Gasteiger partial charge in [-0.25, -0.2) is 8.42 Å². The number of nitrogen functional groups attached to an aromatic ring is 1. The first kappa shape index (κ1) is 15.6. The van der Waals surface area contributed by atoms with E-state index in [1.54, 1.807) is 42.8 Å². The molecule has 1 heterocycles. The molecule has 0 unspecified atom stereocenters. The molecule has 0 radical (unpaired) electrons. The molecule has 0 atom stereocenters. The number of aromatic nitrogens is 2. The number of nitrogens with two attached hydrogens (primary N) is 1. The number of aryl methyl sites for hydroxylation is 1. The number of hydrogen-bond donors (Lipinski definition) is 1. The van der Waals surface area contributed by atoms with Gasteiger partial charge in [-0.15, -0.1) is 0 Å².